The van der Waals surface area contributed by atoms with Crippen LogP contribution in [0.1, 0.15) is 53.4 Å². The minimum absolute atomic E-state index is 0.118. The Morgan fingerprint density at radius 3 is 2.56 bits per heavy atom. The molecule has 27 heavy (non-hydrogen) atoms. The Bertz CT molecular complexity index is 610. The van der Waals surface area contributed by atoms with Crippen molar-refractivity contribution in [2.45, 2.75) is 59.5 Å². The monoisotopic (exact) mass is 376 g/mol. The summed E-state index contributed by atoms with van der Waals surface area (Å²) in [6.45, 7) is 7.40. The fourth-order valence-electron chi connectivity index (χ4n) is 3.64. The first-order chi connectivity index (χ1) is 12.8. The lowest BCUT2D eigenvalue weighted by molar-refractivity contribution is -0.144. The van der Waals surface area contributed by atoms with E-state index in [1.165, 1.54) is 12.5 Å². The van der Waals surface area contributed by atoms with E-state index in [1.807, 2.05) is 26.8 Å². The molecule has 4 atom stereocenters. The van der Waals surface area contributed by atoms with Crippen LogP contribution in [0.2, 0.25) is 0 Å². The van der Waals surface area contributed by atoms with Crippen molar-refractivity contribution in [3.8, 4) is 0 Å². The van der Waals surface area contributed by atoms with Gasteiger partial charge in [0.2, 0.25) is 0 Å². The summed E-state index contributed by atoms with van der Waals surface area (Å²) in [7, 11) is 0. The van der Waals surface area contributed by atoms with Crippen molar-refractivity contribution >= 4 is 18.5 Å². The molecule has 5 heteroatoms. The van der Waals surface area contributed by atoms with Crippen LogP contribution in [0.3, 0.4) is 0 Å². The average molecular weight is 376 g/mol. The van der Waals surface area contributed by atoms with E-state index in [0.717, 1.165) is 18.3 Å². The van der Waals surface area contributed by atoms with Crippen LogP contribution in [0.4, 0.5) is 0 Å². The van der Waals surface area contributed by atoms with Gasteiger partial charge in [0.1, 0.15) is 12.6 Å². The molecule has 1 N–H and O–H groups in total. The molecule has 1 rings (SSSR count). The molecule has 150 valence electrons. The summed E-state index contributed by atoms with van der Waals surface area (Å²) in [4.78, 5) is 34.9. The fourth-order valence-corrected chi connectivity index (χ4v) is 3.64. The molecule has 0 fully saturated rings. The minimum Gasteiger partial charge on any atom is -0.466 e. The number of carbonyl (C=O) groups is 3. The van der Waals surface area contributed by atoms with Crippen molar-refractivity contribution < 1.29 is 24.2 Å². The van der Waals surface area contributed by atoms with Crippen molar-refractivity contribution in [2.75, 3.05) is 6.61 Å². The topological polar surface area (TPSA) is 80.7 Å². The molecule has 1 aliphatic rings. The molecule has 0 aliphatic heterocycles. The number of ether oxygens (including phenoxy) is 1. The number of esters is 1. The van der Waals surface area contributed by atoms with Gasteiger partial charge < -0.3 is 14.6 Å². The number of aliphatic hydroxyl groups excluding tert-OH is 1. The van der Waals surface area contributed by atoms with E-state index >= 15 is 0 Å². The van der Waals surface area contributed by atoms with E-state index < -0.39 is 23.9 Å². The van der Waals surface area contributed by atoms with Gasteiger partial charge in [-0.2, -0.15) is 0 Å². The second-order valence-corrected chi connectivity index (χ2v) is 7.54. The summed E-state index contributed by atoms with van der Waals surface area (Å²) >= 11 is 0. The van der Waals surface area contributed by atoms with Crippen LogP contribution < -0.4 is 0 Å². The SMILES string of the molecule is CC(=O)OCC(CCC=C(C)C)C1C(O)CC(C)=CCC=C(C=O)C1C=O. The van der Waals surface area contributed by atoms with E-state index in [0.29, 0.717) is 31.1 Å². The van der Waals surface area contributed by atoms with Gasteiger partial charge >= 0.3 is 5.97 Å². The molecule has 5 nitrogen and oxygen atoms in total. The Hall–Kier alpha value is -2.01. The average Bonchev–Trinajstić information content (AvgIpc) is 2.65. The van der Waals surface area contributed by atoms with Gasteiger partial charge in [0.15, 0.2) is 0 Å². The zero-order valence-corrected chi connectivity index (χ0v) is 16.8. The summed E-state index contributed by atoms with van der Waals surface area (Å²) in [6, 6.07) is 0. The van der Waals surface area contributed by atoms with Crippen molar-refractivity contribution in [1.29, 1.82) is 0 Å². The number of hydrogen-bond donors (Lipinski definition) is 1. The maximum absolute atomic E-state index is 11.9. The second-order valence-electron chi connectivity index (χ2n) is 7.54. The van der Waals surface area contributed by atoms with Gasteiger partial charge in [-0.25, -0.2) is 0 Å². The van der Waals surface area contributed by atoms with Gasteiger partial charge in [0, 0.05) is 18.8 Å². The summed E-state index contributed by atoms with van der Waals surface area (Å²) in [5.41, 5.74) is 2.57. The van der Waals surface area contributed by atoms with Crippen LogP contribution in [-0.2, 0) is 19.1 Å². The Balaban J connectivity index is 3.26. The van der Waals surface area contributed by atoms with Gasteiger partial charge in [0.25, 0.3) is 0 Å². The smallest absolute Gasteiger partial charge is 0.302 e. The Morgan fingerprint density at radius 2 is 2.00 bits per heavy atom. The molecule has 0 heterocycles. The first-order valence-corrected chi connectivity index (χ1v) is 9.51. The molecular weight excluding hydrogens is 344 g/mol. The highest BCUT2D eigenvalue weighted by atomic mass is 16.5. The van der Waals surface area contributed by atoms with E-state index in [1.54, 1.807) is 6.08 Å². The number of aldehydes is 2. The molecular formula is C22H32O5. The maximum Gasteiger partial charge on any atom is 0.302 e. The normalized spacial score (nSPS) is 24.3. The molecule has 4 unspecified atom stereocenters. The predicted octanol–water partition coefficient (Wildman–Crippen LogP) is 3.57. The van der Waals surface area contributed by atoms with Crippen LogP contribution in [0, 0.1) is 17.8 Å². The molecule has 1 aliphatic carbocycles. The highest BCUT2D eigenvalue weighted by molar-refractivity contribution is 5.81. The Kier molecular flexibility index (Phi) is 9.94. The molecule has 0 aromatic heterocycles. The molecule has 0 saturated carbocycles. The fraction of sp³-hybridized carbons (Fsp3) is 0.591. The maximum atomic E-state index is 11.9. The van der Waals surface area contributed by atoms with Gasteiger partial charge in [0.05, 0.1) is 12.7 Å². The van der Waals surface area contributed by atoms with Crippen LogP contribution in [0.15, 0.2) is 34.9 Å². The molecule has 0 radical (unpaired) electrons. The van der Waals surface area contributed by atoms with E-state index in [2.05, 4.69) is 6.08 Å². The lowest BCUT2D eigenvalue weighted by Crippen LogP contribution is -2.39. The largest absolute Gasteiger partial charge is 0.466 e. The molecule has 0 bridgehead atoms. The van der Waals surface area contributed by atoms with Crippen LogP contribution in [0.25, 0.3) is 0 Å². The highest BCUT2D eigenvalue weighted by Crippen LogP contribution is 2.35. The third-order valence-corrected chi connectivity index (χ3v) is 5.01. The summed E-state index contributed by atoms with van der Waals surface area (Å²) < 4.78 is 5.25. The van der Waals surface area contributed by atoms with E-state index in [4.69, 9.17) is 4.74 Å². The summed E-state index contributed by atoms with van der Waals surface area (Å²) in [5.74, 6) is -1.84. The van der Waals surface area contributed by atoms with Crippen molar-refractivity contribution in [1.82, 2.24) is 0 Å². The van der Waals surface area contributed by atoms with Gasteiger partial charge in [-0.1, -0.05) is 29.4 Å². The predicted molar refractivity (Wildman–Crippen MR) is 105 cm³/mol. The van der Waals surface area contributed by atoms with Crippen molar-refractivity contribution in [2.24, 2.45) is 17.8 Å². The number of aliphatic hydroxyl groups is 1. The van der Waals surface area contributed by atoms with E-state index in [9.17, 15) is 19.5 Å². The third kappa shape index (κ3) is 7.63. The van der Waals surface area contributed by atoms with Crippen LogP contribution in [0.5, 0.6) is 0 Å². The molecule has 0 aromatic rings. The number of hydrogen-bond acceptors (Lipinski definition) is 5. The first-order valence-electron chi connectivity index (χ1n) is 9.51. The number of carbonyl (C=O) groups excluding carboxylic acids is 3. The molecule has 0 saturated heterocycles. The molecule has 0 amide bonds. The summed E-state index contributed by atoms with van der Waals surface area (Å²) in [6.07, 6.45) is 8.82. The first kappa shape index (κ1) is 23.0. The van der Waals surface area contributed by atoms with Crippen LogP contribution in [-0.4, -0.2) is 36.4 Å². The van der Waals surface area contributed by atoms with Gasteiger partial charge in [-0.05, 0) is 57.9 Å². The summed E-state index contributed by atoms with van der Waals surface area (Å²) in [5, 5.41) is 10.9. The highest BCUT2D eigenvalue weighted by Gasteiger charge is 2.37. The van der Waals surface area contributed by atoms with Gasteiger partial charge in [-0.3, -0.25) is 9.59 Å². The quantitative estimate of drug-likeness (QED) is 0.398. The third-order valence-electron chi connectivity index (χ3n) is 5.01. The van der Waals surface area contributed by atoms with Crippen molar-refractivity contribution in [3.05, 3.63) is 34.9 Å². The minimum atomic E-state index is -0.801. The number of rotatable bonds is 8. The standard InChI is InChI=1S/C22H32O5/c1-15(2)7-5-10-19(14-27-17(4)25)22-20(13-24)18(12-23)9-6-8-16(3)11-21(22)26/h7-9,12-13,19-22,26H,5-6,10-11,14H2,1-4H3. The zero-order chi connectivity index (χ0) is 20.4. The Labute approximate surface area is 162 Å². The van der Waals surface area contributed by atoms with Crippen LogP contribution >= 0.6 is 0 Å². The van der Waals surface area contributed by atoms with Crippen molar-refractivity contribution in [3.63, 3.8) is 0 Å². The molecule has 0 aromatic carbocycles. The number of allylic oxidation sites excluding steroid dienone is 5. The Morgan fingerprint density at radius 1 is 1.30 bits per heavy atom. The molecule has 0 spiro atoms. The van der Waals surface area contributed by atoms with E-state index in [-0.39, 0.29) is 12.5 Å². The lowest BCUT2D eigenvalue weighted by Gasteiger charge is -2.34. The zero-order valence-electron chi connectivity index (χ0n) is 16.8. The second kappa shape index (κ2) is 11.7. The lowest BCUT2D eigenvalue weighted by atomic mass is 9.72. The van der Waals surface area contributed by atoms with Gasteiger partial charge in [-0.15, -0.1) is 0 Å².